The molecule has 8 nitrogen and oxygen atoms in total. The van der Waals surface area contributed by atoms with Crippen LogP contribution in [0.25, 0.3) is 5.52 Å². The third-order valence-electron chi connectivity index (χ3n) is 6.21. The van der Waals surface area contributed by atoms with Crippen molar-refractivity contribution in [1.82, 2.24) is 29.2 Å². The predicted molar refractivity (Wildman–Crippen MR) is 112 cm³/mol. The van der Waals surface area contributed by atoms with Crippen LogP contribution < -0.4 is 0 Å². The Hall–Kier alpha value is -2.71. The topological polar surface area (TPSA) is 67.9 Å². The van der Waals surface area contributed by atoms with Gasteiger partial charge in [0.15, 0.2) is 0 Å². The molecule has 0 unspecified atom stereocenters. The predicted octanol–water partition coefficient (Wildman–Crippen LogP) is 2.14. The van der Waals surface area contributed by atoms with Crippen LogP contribution in [0.4, 0.5) is 0 Å². The molecule has 8 heteroatoms. The molecule has 2 aliphatic rings. The Labute approximate surface area is 176 Å². The lowest BCUT2D eigenvalue weighted by atomic mass is 9.98. The van der Waals surface area contributed by atoms with Crippen LogP contribution in [0, 0.1) is 0 Å². The second-order valence-corrected chi connectivity index (χ2v) is 8.28. The molecule has 1 amide bonds. The van der Waals surface area contributed by atoms with Crippen LogP contribution in [0.3, 0.4) is 0 Å². The third-order valence-corrected chi connectivity index (χ3v) is 6.21. The zero-order valence-electron chi connectivity index (χ0n) is 17.4. The van der Waals surface area contributed by atoms with Crippen molar-refractivity contribution in [1.29, 1.82) is 0 Å². The Morgan fingerprint density at radius 1 is 1.17 bits per heavy atom. The summed E-state index contributed by atoms with van der Waals surface area (Å²) < 4.78 is 9.81. The number of ether oxygens (including phenoxy) is 1. The summed E-state index contributed by atoms with van der Waals surface area (Å²) >= 11 is 0. The summed E-state index contributed by atoms with van der Waals surface area (Å²) in [7, 11) is 1.91. The third kappa shape index (κ3) is 3.73. The van der Waals surface area contributed by atoms with Gasteiger partial charge in [-0.1, -0.05) is 6.42 Å². The first kappa shape index (κ1) is 19.3. The van der Waals surface area contributed by atoms with Gasteiger partial charge in [-0.05, 0) is 44.1 Å². The highest BCUT2D eigenvalue weighted by molar-refractivity contribution is 5.95. The highest BCUT2D eigenvalue weighted by Crippen LogP contribution is 2.32. The molecule has 0 N–H and O–H groups in total. The van der Waals surface area contributed by atoms with Crippen LogP contribution in [0.5, 0.6) is 0 Å². The number of piperidine rings is 1. The Bertz CT molecular complexity index is 1020. The fourth-order valence-electron chi connectivity index (χ4n) is 4.72. The van der Waals surface area contributed by atoms with Gasteiger partial charge in [0.05, 0.1) is 30.5 Å². The van der Waals surface area contributed by atoms with Gasteiger partial charge in [-0.3, -0.25) is 9.48 Å². The number of carbonyl (C=O) groups excluding carboxylic acids is 1. The Morgan fingerprint density at radius 3 is 2.83 bits per heavy atom. The maximum absolute atomic E-state index is 13.6. The molecule has 158 valence electrons. The molecular formula is C22H28N6O2. The van der Waals surface area contributed by atoms with Crippen LogP contribution in [-0.2, 0) is 11.8 Å². The number of fused-ring (bicyclic) bond motifs is 1. The molecule has 0 aromatic carbocycles. The van der Waals surface area contributed by atoms with Crippen molar-refractivity contribution in [2.75, 3.05) is 32.8 Å². The molecule has 2 saturated heterocycles. The van der Waals surface area contributed by atoms with Gasteiger partial charge in [0, 0.05) is 49.9 Å². The summed E-state index contributed by atoms with van der Waals surface area (Å²) in [4.78, 5) is 18.0. The molecule has 2 aliphatic heterocycles. The van der Waals surface area contributed by atoms with Gasteiger partial charge < -0.3 is 14.5 Å². The average Bonchev–Trinajstić information content (AvgIpc) is 3.42. The van der Waals surface area contributed by atoms with E-state index in [2.05, 4.69) is 15.1 Å². The van der Waals surface area contributed by atoms with E-state index in [0.29, 0.717) is 18.7 Å². The number of likely N-dealkylation sites (tertiary alicyclic amines) is 1. The Morgan fingerprint density at radius 2 is 2.03 bits per heavy atom. The van der Waals surface area contributed by atoms with E-state index >= 15 is 0 Å². The van der Waals surface area contributed by atoms with E-state index < -0.39 is 0 Å². The first-order chi connectivity index (χ1) is 14.7. The molecule has 0 aliphatic carbocycles. The zero-order chi connectivity index (χ0) is 20.5. The first-order valence-electron chi connectivity index (χ1n) is 10.8. The number of rotatable bonds is 4. The summed E-state index contributed by atoms with van der Waals surface area (Å²) in [5.74, 6) is 0.0273. The van der Waals surface area contributed by atoms with Crippen molar-refractivity contribution in [2.24, 2.45) is 7.05 Å². The normalized spacial score (nSPS) is 23.2. The maximum Gasteiger partial charge on any atom is 0.254 e. The molecular weight excluding hydrogens is 380 g/mol. The number of aromatic nitrogens is 4. The van der Waals surface area contributed by atoms with Gasteiger partial charge in [0.1, 0.15) is 0 Å². The fourth-order valence-corrected chi connectivity index (χ4v) is 4.72. The van der Waals surface area contributed by atoms with Crippen LogP contribution in [-0.4, -0.2) is 74.0 Å². The van der Waals surface area contributed by atoms with E-state index in [0.717, 1.165) is 30.7 Å². The lowest BCUT2D eigenvalue weighted by molar-refractivity contribution is -0.0741. The van der Waals surface area contributed by atoms with Gasteiger partial charge in [-0.25, -0.2) is 4.52 Å². The zero-order valence-corrected chi connectivity index (χ0v) is 17.4. The van der Waals surface area contributed by atoms with Crippen molar-refractivity contribution in [2.45, 2.75) is 31.4 Å². The van der Waals surface area contributed by atoms with Crippen LogP contribution >= 0.6 is 0 Å². The standard InChI is InChI=1S/C22H28N6O2/c1-25-15-18(14-24-25)21-20(16-26-8-3-2-4-9-26)30-12-11-27(21)22(29)17-6-10-28-19(13-17)5-7-23-28/h5-7,10,13-15,20-21H,2-4,8-9,11-12,16H2,1H3/t20-,21-/m0/s1. The number of pyridine rings is 1. The van der Waals surface area contributed by atoms with Gasteiger partial charge in [0.25, 0.3) is 5.91 Å². The monoisotopic (exact) mass is 408 g/mol. The highest BCUT2D eigenvalue weighted by Gasteiger charge is 2.38. The lowest BCUT2D eigenvalue weighted by Gasteiger charge is -2.43. The molecule has 0 radical (unpaired) electrons. The second kappa shape index (κ2) is 8.20. The van der Waals surface area contributed by atoms with E-state index in [9.17, 15) is 4.79 Å². The molecule has 0 bridgehead atoms. The molecule has 3 aromatic rings. The van der Waals surface area contributed by atoms with Gasteiger partial charge in [-0.15, -0.1) is 0 Å². The van der Waals surface area contributed by atoms with E-state index in [1.165, 1.54) is 19.3 Å². The quantitative estimate of drug-likeness (QED) is 0.662. The van der Waals surface area contributed by atoms with Crippen LogP contribution in [0.15, 0.2) is 43.0 Å². The fraction of sp³-hybridized carbons (Fsp3) is 0.500. The number of morpholine rings is 1. The first-order valence-corrected chi connectivity index (χ1v) is 10.8. The summed E-state index contributed by atoms with van der Waals surface area (Å²) in [6.45, 7) is 4.16. The molecule has 0 saturated carbocycles. The van der Waals surface area contributed by atoms with Crippen molar-refractivity contribution < 1.29 is 9.53 Å². The van der Waals surface area contributed by atoms with Crippen molar-refractivity contribution in [3.63, 3.8) is 0 Å². The maximum atomic E-state index is 13.6. The lowest BCUT2D eigenvalue weighted by Crippen LogP contribution is -2.52. The molecule has 2 fully saturated rings. The molecule has 5 heterocycles. The molecule has 0 spiro atoms. The smallest absolute Gasteiger partial charge is 0.254 e. The molecule has 2 atom stereocenters. The number of nitrogens with zero attached hydrogens (tertiary/aromatic N) is 6. The summed E-state index contributed by atoms with van der Waals surface area (Å²) in [6.07, 6.45) is 11.2. The SMILES string of the molecule is Cn1cc([C@H]2[C@H](CN3CCCCC3)OCCN2C(=O)c2ccn3nccc3c2)cn1. The van der Waals surface area contributed by atoms with Crippen molar-refractivity contribution in [3.05, 3.63) is 54.1 Å². The number of carbonyl (C=O) groups is 1. The molecule has 3 aromatic heterocycles. The van der Waals surface area contributed by atoms with Crippen LogP contribution in [0.2, 0.25) is 0 Å². The molecule has 30 heavy (non-hydrogen) atoms. The van der Waals surface area contributed by atoms with Crippen molar-refractivity contribution >= 4 is 11.4 Å². The number of amides is 1. The number of aryl methyl sites for hydroxylation is 1. The van der Waals surface area contributed by atoms with Crippen LogP contribution in [0.1, 0.15) is 41.2 Å². The van der Waals surface area contributed by atoms with Gasteiger partial charge in [-0.2, -0.15) is 10.2 Å². The van der Waals surface area contributed by atoms with E-state index in [4.69, 9.17) is 4.74 Å². The van der Waals surface area contributed by atoms with E-state index in [1.54, 1.807) is 15.4 Å². The second-order valence-electron chi connectivity index (χ2n) is 8.28. The van der Waals surface area contributed by atoms with Gasteiger partial charge >= 0.3 is 0 Å². The summed E-state index contributed by atoms with van der Waals surface area (Å²) in [6, 6.07) is 5.51. The van der Waals surface area contributed by atoms with Gasteiger partial charge in [0.2, 0.25) is 0 Å². The number of hydrogen-bond acceptors (Lipinski definition) is 5. The summed E-state index contributed by atoms with van der Waals surface area (Å²) in [5, 5.41) is 8.60. The Kier molecular flexibility index (Phi) is 5.26. The minimum absolute atomic E-state index is 0.0273. The highest BCUT2D eigenvalue weighted by atomic mass is 16.5. The Balaban J connectivity index is 1.45. The average molecular weight is 409 g/mol. The molecule has 5 rings (SSSR count). The number of hydrogen-bond donors (Lipinski definition) is 0. The largest absolute Gasteiger partial charge is 0.373 e. The van der Waals surface area contributed by atoms with E-state index in [1.807, 2.05) is 48.7 Å². The van der Waals surface area contributed by atoms with E-state index in [-0.39, 0.29) is 18.1 Å². The van der Waals surface area contributed by atoms with Crippen molar-refractivity contribution in [3.8, 4) is 0 Å². The minimum atomic E-state index is -0.150. The minimum Gasteiger partial charge on any atom is -0.373 e. The summed E-state index contributed by atoms with van der Waals surface area (Å²) in [5.41, 5.74) is 2.62.